The van der Waals surface area contributed by atoms with Gasteiger partial charge in [0.05, 0.1) is 11.6 Å². The molecule has 3 aromatic rings. The lowest BCUT2D eigenvalue weighted by Crippen LogP contribution is -2.21. The first kappa shape index (κ1) is 21.2. The molecular weight excluding hydrogens is 412 g/mol. The Morgan fingerprint density at radius 1 is 1.13 bits per heavy atom. The summed E-state index contributed by atoms with van der Waals surface area (Å²) in [4.78, 5) is 6.79. The number of rotatable bonds is 6. The minimum atomic E-state index is 0.0389. The molecule has 0 amide bonds. The summed E-state index contributed by atoms with van der Waals surface area (Å²) in [6, 6.07) is 20.8. The van der Waals surface area contributed by atoms with Crippen LogP contribution in [0.1, 0.15) is 37.3 Å². The van der Waals surface area contributed by atoms with Gasteiger partial charge in [-0.3, -0.25) is 0 Å². The van der Waals surface area contributed by atoms with Gasteiger partial charge in [0, 0.05) is 29.6 Å². The van der Waals surface area contributed by atoms with Crippen LogP contribution < -0.4 is 4.90 Å². The van der Waals surface area contributed by atoms with Gasteiger partial charge in [0.1, 0.15) is 5.15 Å². The van der Waals surface area contributed by atoms with E-state index in [0.717, 1.165) is 35.8 Å². The Morgan fingerprint density at radius 3 is 2.73 bits per heavy atom. The highest BCUT2D eigenvalue weighted by molar-refractivity contribution is 7.99. The highest BCUT2D eigenvalue weighted by Gasteiger charge is 2.25. The van der Waals surface area contributed by atoms with Gasteiger partial charge in [-0.1, -0.05) is 61.8 Å². The Bertz CT molecular complexity index is 1020. The maximum atomic E-state index is 10.1. The maximum Gasteiger partial charge on any atom is 0.130 e. The third-order valence-corrected chi connectivity index (χ3v) is 7.00. The lowest BCUT2D eigenvalue weighted by molar-refractivity contribution is 0.282. The number of benzene rings is 2. The van der Waals surface area contributed by atoms with Crippen molar-refractivity contribution in [2.45, 2.75) is 43.1 Å². The average Bonchev–Trinajstić information content (AvgIpc) is 3.21. The molecule has 0 aliphatic carbocycles. The zero-order chi connectivity index (χ0) is 21.1. The number of hydrogen-bond donors (Lipinski definition) is 1. The SMILES string of the molecule is CC(C)c1ccccc1-c1ccc(N2CC[C@H](Sc3cccc(Cl)n3)C2)c(CO)c1. The van der Waals surface area contributed by atoms with Crippen molar-refractivity contribution < 1.29 is 5.11 Å². The van der Waals surface area contributed by atoms with E-state index < -0.39 is 0 Å². The third kappa shape index (κ3) is 4.66. The molecule has 3 nitrogen and oxygen atoms in total. The second-order valence-electron chi connectivity index (χ2n) is 8.02. The molecular formula is C25H27ClN2OS. The second kappa shape index (κ2) is 9.42. The first-order valence-electron chi connectivity index (χ1n) is 10.4. The van der Waals surface area contributed by atoms with Crippen molar-refractivity contribution in [3.8, 4) is 11.1 Å². The molecule has 0 radical (unpaired) electrons. The molecule has 2 aromatic carbocycles. The molecule has 0 bridgehead atoms. The van der Waals surface area contributed by atoms with E-state index in [1.165, 1.54) is 16.7 Å². The number of thioether (sulfide) groups is 1. The normalized spacial score (nSPS) is 16.4. The van der Waals surface area contributed by atoms with Gasteiger partial charge in [0.2, 0.25) is 0 Å². The fourth-order valence-electron chi connectivity index (χ4n) is 4.12. The summed E-state index contributed by atoms with van der Waals surface area (Å²) in [5, 5.41) is 12.1. The summed E-state index contributed by atoms with van der Waals surface area (Å²) in [6.07, 6.45) is 1.08. The van der Waals surface area contributed by atoms with Crippen LogP contribution in [0.2, 0.25) is 5.15 Å². The minimum absolute atomic E-state index is 0.0389. The highest BCUT2D eigenvalue weighted by atomic mass is 35.5. The van der Waals surface area contributed by atoms with Crippen LogP contribution in [0, 0.1) is 0 Å². The molecule has 1 saturated heterocycles. The average molecular weight is 439 g/mol. The highest BCUT2D eigenvalue weighted by Crippen LogP contribution is 2.36. The van der Waals surface area contributed by atoms with Gasteiger partial charge in [-0.15, -0.1) is 11.8 Å². The van der Waals surface area contributed by atoms with Crippen molar-refractivity contribution >= 4 is 29.1 Å². The van der Waals surface area contributed by atoms with Crippen molar-refractivity contribution in [1.82, 2.24) is 4.98 Å². The molecule has 5 heteroatoms. The largest absolute Gasteiger partial charge is 0.392 e. The number of aliphatic hydroxyl groups is 1. The van der Waals surface area contributed by atoms with Gasteiger partial charge in [-0.05, 0) is 53.3 Å². The summed E-state index contributed by atoms with van der Waals surface area (Å²) < 4.78 is 0. The van der Waals surface area contributed by atoms with E-state index in [4.69, 9.17) is 11.6 Å². The van der Waals surface area contributed by atoms with E-state index in [0.29, 0.717) is 16.3 Å². The first-order valence-corrected chi connectivity index (χ1v) is 11.7. The van der Waals surface area contributed by atoms with Crippen molar-refractivity contribution in [2.24, 2.45) is 0 Å². The molecule has 30 heavy (non-hydrogen) atoms. The molecule has 0 saturated carbocycles. The maximum absolute atomic E-state index is 10.1. The predicted octanol–water partition coefficient (Wildman–Crippen LogP) is 6.39. The van der Waals surface area contributed by atoms with Crippen molar-refractivity contribution in [3.05, 3.63) is 76.9 Å². The smallest absolute Gasteiger partial charge is 0.130 e. The van der Waals surface area contributed by atoms with Crippen LogP contribution in [0.5, 0.6) is 0 Å². The molecule has 1 aliphatic heterocycles. The van der Waals surface area contributed by atoms with Crippen molar-refractivity contribution in [1.29, 1.82) is 0 Å². The molecule has 1 fully saturated rings. The fraction of sp³-hybridized carbons (Fsp3) is 0.320. The monoisotopic (exact) mass is 438 g/mol. The first-order chi connectivity index (χ1) is 14.5. The van der Waals surface area contributed by atoms with Gasteiger partial charge in [0.15, 0.2) is 0 Å². The zero-order valence-corrected chi connectivity index (χ0v) is 19.0. The van der Waals surface area contributed by atoms with Gasteiger partial charge < -0.3 is 10.0 Å². The standard InChI is InChI=1S/C25H27ClN2OS/c1-17(2)21-6-3-4-7-22(21)18-10-11-23(19(14-18)16-29)28-13-12-20(15-28)30-25-9-5-8-24(26)27-25/h3-11,14,17,20,29H,12-13,15-16H2,1-2H3/t20-/m0/s1. The number of anilines is 1. The molecule has 1 N–H and O–H groups in total. The Balaban J connectivity index is 1.54. The quantitative estimate of drug-likeness (QED) is 0.452. The molecule has 0 unspecified atom stereocenters. The van der Waals surface area contributed by atoms with E-state index in [1.807, 2.05) is 12.1 Å². The van der Waals surface area contributed by atoms with E-state index >= 15 is 0 Å². The van der Waals surface area contributed by atoms with Crippen LogP contribution in [0.4, 0.5) is 5.69 Å². The molecule has 0 spiro atoms. The van der Waals surface area contributed by atoms with Gasteiger partial charge in [0.25, 0.3) is 0 Å². The molecule has 4 rings (SSSR count). The van der Waals surface area contributed by atoms with Gasteiger partial charge in [-0.25, -0.2) is 4.98 Å². The summed E-state index contributed by atoms with van der Waals surface area (Å²) in [6.45, 7) is 6.39. The number of aliphatic hydroxyl groups excluding tert-OH is 1. The number of hydrogen-bond acceptors (Lipinski definition) is 4. The number of nitrogens with zero attached hydrogens (tertiary/aromatic N) is 2. The molecule has 2 heterocycles. The minimum Gasteiger partial charge on any atom is -0.392 e. The molecule has 1 aliphatic rings. The summed E-state index contributed by atoms with van der Waals surface area (Å²) >= 11 is 7.81. The van der Waals surface area contributed by atoms with Gasteiger partial charge in [-0.2, -0.15) is 0 Å². The van der Waals surface area contributed by atoms with Crippen LogP contribution in [0.15, 0.2) is 65.7 Å². The van der Waals surface area contributed by atoms with E-state index in [1.54, 1.807) is 17.8 Å². The van der Waals surface area contributed by atoms with Gasteiger partial charge >= 0.3 is 0 Å². The summed E-state index contributed by atoms with van der Waals surface area (Å²) in [7, 11) is 0. The Labute approximate surface area is 188 Å². The van der Waals surface area contributed by atoms with Crippen LogP contribution in [-0.4, -0.2) is 28.4 Å². The fourth-order valence-corrected chi connectivity index (χ4v) is 5.46. The van der Waals surface area contributed by atoms with Crippen LogP contribution in [0.25, 0.3) is 11.1 Å². The lowest BCUT2D eigenvalue weighted by atomic mass is 9.91. The van der Waals surface area contributed by atoms with Crippen molar-refractivity contribution in [2.75, 3.05) is 18.0 Å². The zero-order valence-electron chi connectivity index (χ0n) is 17.4. The molecule has 1 aromatic heterocycles. The Hall–Kier alpha value is -2.01. The number of aromatic nitrogens is 1. The van der Waals surface area contributed by atoms with E-state index in [9.17, 15) is 5.11 Å². The lowest BCUT2D eigenvalue weighted by Gasteiger charge is -2.23. The van der Waals surface area contributed by atoms with Crippen LogP contribution >= 0.6 is 23.4 Å². The van der Waals surface area contributed by atoms with E-state index in [2.05, 4.69) is 66.2 Å². The Morgan fingerprint density at radius 2 is 1.97 bits per heavy atom. The van der Waals surface area contributed by atoms with Crippen LogP contribution in [-0.2, 0) is 6.61 Å². The molecule has 156 valence electrons. The number of halogens is 1. The predicted molar refractivity (Wildman–Crippen MR) is 128 cm³/mol. The second-order valence-corrected chi connectivity index (χ2v) is 9.72. The summed E-state index contributed by atoms with van der Waals surface area (Å²) in [5.74, 6) is 0.454. The summed E-state index contributed by atoms with van der Waals surface area (Å²) in [5.41, 5.74) is 5.86. The third-order valence-electron chi connectivity index (χ3n) is 5.61. The number of pyridine rings is 1. The molecule has 1 atom stereocenters. The topological polar surface area (TPSA) is 36.4 Å². The van der Waals surface area contributed by atoms with Crippen molar-refractivity contribution in [3.63, 3.8) is 0 Å². The van der Waals surface area contributed by atoms with Crippen LogP contribution in [0.3, 0.4) is 0 Å². The Kier molecular flexibility index (Phi) is 6.67. The van der Waals surface area contributed by atoms with E-state index in [-0.39, 0.29) is 6.61 Å².